The Balaban J connectivity index is 1.55. The molecule has 7 nitrogen and oxygen atoms in total. The van der Waals surface area contributed by atoms with Crippen molar-refractivity contribution >= 4 is 56.9 Å². The number of fused-ring (bicyclic) bond motifs is 1. The predicted molar refractivity (Wildman–Crippen MR) is 124 cm³/mol. The number of imidazole rings is 1. The Morgan fingerprint density at radius 3 is 2.68 bits per heavy atom. The molecule has 0 saturated heterocycles. The Labute approximate surface area is 188 Å². The zero-order valence-electron chi connectivity index (χ0n) is 16.8. The highest BCUT2D eigenvalue weighted by molar-refractivity contribution is 7.14. The lowest BCUT2D eigenvalue weighted by atomic mass is 10.1. The van der Waals surface area contributed by atoms with E-state index in [0.717, 1.165) is 18.4 Å². The summed E-state index contributed by atoms with van der Waals surface area (Å²) < 4.78 is 1.98. The number of amides is 2. The average molecular weight is 454 g/mol. The summed E-state index contributed by atoms with van der Waals surface area (Å²) in [6.07, 6.45) is 1.79. The molecule has 0 radical (unpaired) electrons. The first-order chi connectivity index (χ1) is 15.0. The Bertz CT molecular complexity index is 1240. The maximum Gasteiger partial charge on any atom is 0.277 e. The quantitative estimate of drug-likeness (QED) is 0.412. The molecular formula is C22H20ClN5O2S. The van der Waals surface area contributed by atoms with E-state index in [1.165, 1.54) is 23.8 Å². The van der Waals surface area contributed by atoms with E-state index >= 15 is 0 Å². The molecule has 0 unspecified atom stereocenters. The molecule has 0 fully saturated rings. The molecule has 0 spiro atoms. The van der Waals surface area contributed by atoms with Crippen LogP contribution in [0.1, 0.15) is 29.4 Å². The molecule has 2 aromatic carbocycles. The number of benzene rings is 2. The Morgan fingerprint density at radius 2 is 1.90 bits per heavy atom. The molecule has 0 saturated carbocycles. The summed E-state index contributed by atoms with van der Waals surface area (Å²) in [7, 11) is 0. The van der Waals surface area contributed by atoms with Crippen LogP contribution in [0.4, 0.5) is 11.1 Å². The van der Waals surface area contributed by atoms with E-state index in [4.69, 9.17) is 11.6 Å². The van der Waals surface area contributed by atoms with Crippen molar-refractivity contribution in [3.63, 3.8) is 0 Å². The molecule has 9 heteroatoms. The van der Waals surface area contributed by atoms with Crippen LogP contribution in [0.2, 0.25) is 5.02 Å². The summed E-state index contributed by atoms with van der Waals surface area (Å²) in [5, 5.41) is 7.99. The molecule has 2 amide bonds. The molecule has 2 N–H and O–H groups in total. The monoisotopic (exact) mass is 453 g/mol. The summed E-state index contributed by atoms with van der Waals surface area (Å²) in [4.78, 5) is 32.7. The van der Waals surface area contributed by atoms with Gasteiger partial charge in [0.25, 0.3) is 5.91 Å². The van der Waals surface area contributed by atoms with Crippen molar-refractivity contribution in [2.24, 2.45) is 0 Å². The third-order valence-electron chi connectivity index (χ3n) is 4.65. The van der Waals surface area contributed by atoms with Crippen molar-refractivity contribution in [3.8, 4) is 0 Å². The summed E-state index contributed by atoms with van der Waals surface area (Å²) in [6, 6.07) is 15.7. The number of aromatic nitrogens is 3. The molecule has 0 atom stereocenters. The topological polar surface area (TPSA) is 88.9 Å². The maximum absolute atomic E-state index is 12.7. The molecule has 0 aliphatic heterocycles. The number of thiazole rings is 1. The fourth-order valence-electron chi connectivity index (χ4n) is 3.26. The number of anilines is 2. The zero-order chi connectivity index (χ0) is 21.8. The van der Waals surface area contributed by atoms with Crippen molar-refractivity contribution in [2.75, 3.05) is 10.6 Å². The molecule has 2 aromatic heterocycles. The lowest BCUT2D eigenvalue weighted by Gasteiger charge is -2.10. The largest absolute Gasteiger partial charge is 0.310 e. The fraction of sp³-hybridized carbons (Fsp3) is 0.182. The van der Waals surface area contributed by atoms with Gasteiger partial charge in [-0.05, 0) is 36.6 Å². The fourth-order valence-corrected chi connectivity index (χ4v) is 4.17. The summed E-state index contributed by atoms with van der Waals surface area (Å²) in [6.45, 7) is 2.07. The highest BCUT2D eigenvalue weighted by Crippen LogP contribution is 2.25. The van der Waals surface area contributed by atoms with Gasteiger partial charge in [0, 0.05) is 23.9 Å². The Morgan fingerprint density at radius 1 is 1.10 bits per heavy atom. The Kier molecular flexibility index (Phi) is 6.29. The lowest BCUT2D eigenvalue weighted by Crippen LogP contribution is -2.17. The number of hydrogen-bond donors (Lipinski definition) is 2. The molecule has 31 heavy (non-hydrogen) atoms. The van der Waals surface area contributed by atoms with Crippen LogP contribution in [0.3, 0.4) is 0 Å². The van der Waals surface area contributed by atoms with Crippen LogP contribution >= 0.6 is 22.9 Å². The number of nitrogens with zero attached hydrogens (tertiary/aromatic N) is 3. The second-order valence-electron chi connectivity index (χ2n) is 6.98. The Hall–Kier alpha value is -3.23. The number of aryl methyl sites for hydroxylation is 2. The van der Waals surface area contributed by atoms with Crippen molar-refractivity contribution in [2.45, 2.75) is 26.3 Å². The number of hydrogen-bond acceptors (Lipinski definition) is 5. The lowest BCUT2D eigenvalue weighted by molar-refractivity contribution is -0.114. The predicted octanol–water partition coefficient (Wildman–Crippen LogP) is 4.99. The SMILES string of the molecule is CC(=O)Nc1nc(C(=O)Nc2nc3cc(Cl)ccc3n2CCCc2ccccc2)cs1. The van der Waals surface area contributed by atoms with Crippen LogP contribution in [0.25, 0.3) is 11.0 Å². The minimum Gasteiger partial charge on any atom is -0.310 e. The normalized spacial score (nSPS) is 10.9. The first kappa shape index (κ1) is 21.0. The van der Waals surface area contributed by atoms with Crippen LogP contribution in [-0.4, -0.2) is 26.3 Å². The minimum absolute atomic E-state index is 0.217. The minimum atomic E-state index is -0.390. The van der Waals surface area contributed by atoms with Crippen molar-refractivity contribution in [1.82, 2.24) is 14.5 Å². The van der Waals surface area contributed by atoms with Crippen LogP contribution in [0.5, 0.6) is 0 Å². The van der Waals surface area contributed by atoms with E-state index < -0.39 is 5.91 Å². The van der Waals surface area contributed by atoms with Gasteiger partial charge in [0.05, 0.1) is 11.0 Å². The molecule has 0 aliphatic carbocycles. The first-order valence-electron chi connectivity index (χ1n) is 9.74. The third kappa shape index (κ3) is 5.10. The summed E-state index contributed by atoms with van der Waals surface area (Å²) >= 11 is 7.32. The van der Waals surface area contributed by atoms with E-state index in [0.29, 0.717) is 28.2 Å². The van der Waals surface area contributed by atoms with E-state index in [-0.39, 0.29) is 11.6 Å². The maximum atomic E-state index is 12.7. The van der Waals surface area contributed by atoms with Gasteiger partial charge >= 0.3 is 0 Å². The van der Waals surface area contributed by atoms with Crippen LogP contribution in [0, 0.1) is 0 Å². The second-order valence-corrected chi connectivity index (χ2v) is 8.28. The van der Waals surface area contributed by atoms with Crippen LogP contribution < -0.4 is 10.6 Å². The van der Waals surface area contributed by atoms with Gasteiger partial charge in [-0.25, -0.2) is 9.97 Å². The van der Waals surface area contributed by atoms with Crippen LogP contribution in [0.15, 0.2) is 53.9 Å². The second kappa shape index (κ2) is 9.28. The average Bonchev–Trinajstić information content (AvgIpc) is 3.33. The number of halogens is 1. The van der Waals surface area contributed by atoms with Gasteiger partial charge in [-0.1, -0.05) is 41.9 Å². The molecule has 158 valence electrons. The number of nitrogens with one attached hydrogen (secondary N) is 2. The number of carbonyl (C=O) groups is 2. The first-order valence-corrected chi connectivity index (χ1v) is 11.0. The molecular weight excluding hydrogens is 434 g/mol. The van der Waals surface area contributed by atoms with Crippen molar-refractivity contribution < 1.29 is 9.59 Å². The zero-order valence-corrected chi connectivity index (χ0v) is 18.3. The standard InChI is InChI=1S/C22H20ClN5O2S/c1-14(29)24-22-26-18(13-31-22)20(30)27-21-25-17-12-16(23)9-10-19(17)28(21)11-5-8-15-6-3-2-4-7-15/h2-4,6-7,9-10,12-13H,5,8,11H2,1H3,(H,24,26,29)(H,25,27,30). The number of carbonyl (C=O) groups excluding carboxylic acids is 2. The molecule has 0 aliphatic rings. The van der Waals surface area contributed by atoms with Gasteiger partial charge in [0.1, 0.15) is 5.69 Å². The van der Waals surface area contributed by atoms with Gasteiger partial charge in [0.15, 0.2) is 5.13 Å². The van der Waals surface area contributed by atoms with E-state index in [9.17, 15) is 9.59 Å². The van der Waals surface area contributed by atoms with Crippen LogP contribution in [-0.2, 0) is 17.8 Å². The molecule has 4 aromatic rings. The summed E-state index contributed by atoms with van der Waals surface area (Å²) in [5.74, 6) is -0.193. The van der Waals surface area contributed by atoms with Gasteiger partial charge in [-0.15, -0.1) is 11.3 Å². The van der Waals surface area contributed by atoms with Crippen molar-refractivity contribution in [3.05, 3.63) is 70.2 Å². The van der Waals surface area contributed by atoms with E-state index in [1.54, 1.807) is 11.4 Å². The summed E-state index contributed by atoms with van der Waals surface area (Å²) in [5.41, 5.74) is 3.08. The number of rotatable bonds is 7. The van der Waals surface area contributed by atoms with E-state index in [1.807, 2.05) is 34.9 Å². The van der Waals surface area contributed by atoms with Gasteiger partial charge in [-0.3, -0.25) is 14.9 Å². The van der Waals surface area contributed by atoms with E-state index in [2.05, 4.69) is 32.7 Å². The van der Waals surface area contributed by atoms with Gasteiger partial charge in [-0.2, -0.15) is 0 Å². The highest BCUT2D eigenvalue weighted by Gasteiger charge is 2.17. The smallest absolute Gasteiger partial charge is 0.277 e. The molecule has 0 bridgehead atoms. The third-order valence-corrected chi connectivity index (χ3v) is 5.64. The van der Waals surface area contributed by atoms with Gasteiger partial charge < -0.3 is 9.88 Å². The molecule has 2 heterocycles. The van der Waals surface area contributed by atoms with Crippen molar-refractivity contribution in [1.29, 1.82) is 0 Å². The highest BCUT2D eigenvalue weighted by atomic mass is 35.5. The molecule has 4 rings (SSSR count). The van der Waals surface area contributed by atoms with Gasteiger partial charge in [0.2, 0.25) is 11.9 Å².